The maximum Gasteiger partial charge on any atom is 0.244 e. The number of ether oxygens (including phenoxy) is 1. The lowest BCUT2D eigenvalue weighted by Crippen LogP contribution is -2.22. The molecule has 0 saturated carbocycles. The van der Waals surface area contributed by atoms with Crippen molar-refractivity contribution >= 4 is 17.7 Å². The van der Waals surface area contributed by atoms with Gasteiger partial charge in [-0.1, -0.05) is 64.1 Å². The van der Waals surface area contributed by atoms with Gasteiger partial charge in [0.05, 0.1) is 6.61 Å². The fourth-order valence-electron chi connectivity index (χ4n) is 4.61. The zero-order valence-corrected chi connectivity index (χ0v) is 20.6. The number of rotatable bonds is 8. The van der Waals surface area contributed by atoms with E-state index in [0.29, 0.717) is 18.4 Å². The van der Waals surface area contributed by atoms with Crippen LogP contribution in [-0.4, -0.2) is 35.6 Å². The van der Waals surface area contributed by atoms with E-state index in [1.165, 1.54) is 22.4 Å². The zero-order valence-electron chi connectivity index (χ0n) is 20.6. The highest BCUT2D eigenvalue weighted by atomic mass is 16.5. The zero-order chi connectivity index (χ0) is 23.4. The Morgan fingerprint density at radius 2 is 1.67 bits per heavy atom. The SMILES string of the molecule is Cc1cccc(OCCc2ccccn2)c1[N+]1=CN(c2c(C(C)C)cccc2C(C)C)CC1. The first-order valence-corrected chi connectivity index (χ1v) is 12.1. The number of anilines is 1. The van der Waals surface area contributed by atoms with Gasteiger partial charge in [-0.3, -0.25) is 4.98 Å². The van der Waals surface area contributed by atoms with E-state index in [9.17, 15) is 0 Å². The summed E-state index contributed by atoms with van der Waals surface area (Å²) in [4.78, 5) is 6.85. The van der Waals surface area contributed by atoms with Gasteiger partial charge in [-0.2, -0.15) is 0 Å². The molecule has 0 aliphatic carbocycles. The Bertz CT molecular complexity index is 1090. The number of nitrogens with zero attached hydrogens (tertiary/aromatic N) is 3. The summed E-state index contributed by atoms with van der Waals surface area (Å²) >= 11 is 0. The highest BCUT2D eigenvalue weighted by Gasteiger charge is 2.30. The summed E-state index contributed by atoms with van der Waals surface area (Å²) < 4.78 is 8.63. The first kappa shape index (κ1) is 23.0. The molecule has 33 heavy (non-hydrogen) atoms. The van der Waals surface area contributed by atoms with Crippen LogP contribution in [0.25, 0.3) is 0 Å². The Hall–Kier alpha value is -3.14. The molecule has 0 amide bonds. The number of pyridine rings is 1. The highest BCUT2D eigenvalue weighted by molar-refractivity contribution is 5.82. The Kier molecular flexibility index (Phi) is 7.12. The van der Waals surface area contributed by atoms with Crippen molar-refractivity contribution in [2.45, 2.75) is 52.9 Å². The van der Waals surface area contributed by atoms with Crippen LogP contribution in [0, 0.1) is 6.92 Å². The molecule has 1 aliphatic heterocycles. The molecule has 0 N–H and O–H groups in total. The fourth-order valence-corrected chi connectivity index (χ4v) is 4.61. The normalized spacial score (nSPS) is 13.7. The molecule has 0 fully saturated rings. The third-order valence-corrected chi connectivity index (χ3v) is 6.32. The Morgan fingerprint density at radius 1 is 0.939 bits per heavy atom. The molecule has 1 aromatic heterocycles. The van der Waals surface area contributed by atoms with E-state index in [1.807, 2.05) is 24.4 Å². The van der Waals surface area contributed by atoms with Gasteiger partial charge in [-0.25, -0.2) is 9.48 Å². The average molecular weight is 443 g/mol. The molecule has 0 atom stereocenters. The molecule has 4 rings (SSSR count). The molecule has 2 heterocycles. The number of benzene rings is 2. The topological polar surface area (TPSA) is 28.4 Å². The van der Waals surface area contributed by atoms with Crippen molar-refractivity contribution in [2.24, 2.45) is 0 Å². The van der Waals surface area contributed by atoms with Crippen LogP contribution in [0.15, 0.2) is 60.8 Å². The smallest absolute Gasteiger partial charge is 0.244 e. The van der Waals surface area contributed by atoms with Crippen molar-refractivity contribution < 1.29 is 9.31 Å². The van der Waals surface area contributed by atoms with Gasteiger partial charge < -0.3 is 4.74 Å². The molecule has 1 aliphatic rings. The van der Waals surface area contributed by atoms with E-state index in [0.717, 1.165) is 36.6 Å². The van der Waals surface area contributed by atoms with Crippen molar-refractivity contribution in [2.75, 3.05) is 24.6 Å². The van der Waals surface area contributed by atoms with Crippen molar-refractivity contribution in [3.63, 3.8) is 0 Å². The van der Waals surface area contributed by atoms with E-state index in [4.69, 9.17) is 4.74 Å². The lowest BCUT2D eigenvalue weighted by molar-refractivity contribution is -0.425. The van der Waals surface area contributed by atoms with Crippen LogP contribution >= 0.6 is 0 Å². The number of aromatic nitrogens is 1. The molecular formula is C29H36N3O+. The number of aryl methyl sites for hydroxylation is 1. The van der Waals surface area contributed by atoms with Gasteiger partial charge in [-0.15, -0.1) is 0 Å². The lowest BCUT2D eigenvalue weighted by atomic mass is 9.92. The standard InChI is InChI=1S/C29H36N3O/c1-21(2)25-12-9-13-26(22(3)4)29(25)32-18-17-31(20-32)28-23(5)10-8-14-27(28)33-19-15-24-11-6-7-16-30-24/h6-14,16,20-22H,15,17-19H2,1-5H3/q+1. The number of hydrogen-bond acceptors (Lipinski definition) is 3. The van der Waals surface area contributed by atoms with Gasteiger partial charge in [0.1, 0.15) is 18.8 Å². The van der Waals surface area contributed by atoms with Crippen molar-refractivity contribution in [1.82, 2.24) is 4.98 Å². The minimum absolute atomic E-state index is 0.477. The van der Waals surface area contributed by atoms with E-state index in [2.05, 4.69) is 91.8 Å². The van der Waals surface area contributed by atoms with Gasteiger partial charge in [-0.05, 0) is 42.5 Å². The third-order valence-electron chi connectivity index (χ3n) is 6.32. The molecule has 3 aromatic rings. The fraction of sp³-hybridized carbons (Fsp3) is 0.379. The van der Waals surface area contributed by atoms with Crippen LogP contribution < -0.4 is 9.64 Å². The molecule has 0 bridgehead atoms. The second-order valence-corrected chi connectivity index (χ2v) is 9.44. The van der Waals surface area contributed by atoms with Gasteiger partial charge >= 0.3 is 0 Å². The molecule has 0 unspecified atom stereocenters. The second kappa shape index (κ2) is 10.2. The average Bonchev–Trinajstić information content (AvgIpc) is 3.28. The Balaban J connectivity index is 1.63. The van der Waals surface area contributed by atoms with E-state index < -0.39 is 0 Å². The monoisotopic (exact) mass is 442 g/mol. The second-order valence-electron chi connectivity index (χ2n) is 9.44. The van der Waals surface area contributed by atoms with Gasteiger partial charge in [0, 0.05) is 29.4 Å². The quantitative estimate of drug-likeness (QED) is 0.375. The summed E-state index contributed by atoms with van der Waals surface area (Å²) in [7, 11) is 0. The molecule has 4 heteroatoms. The molecule has 0 saturated heterocycles. The van der Waals surface area contributed by atoms with Crippen LogP contribution in [0.5, 0.6) is 5.75 Å². The largest absolute Gasteiger partial charge is 0.489 e. The van der Waals surface area contributed by atoms with Crippen LogP contribution in [0.4, 0.5) is 11.4 Å². The van der Waals surface area contributed by atoms with Crippen molar-refractivity contribution in [1.29, 1.82) is 0 Å². The summed E-state index contributed by atoms with van der Waals surface area (Å²) in [5.74, 6) is 1.89. The van der Waals surface area contributed by atoms with Crippen molar-refractivity contribution in [3.05, 3.63) is 83.2 Å². The van der Waals surface area contributed by atoms with E-state index >= 15 is 0 Å². The molecule has 2 aromatic carbocycles. The summed E-state index contributed by atoms with van der Waals surface area (Å²) in [6, 6.07) is 19.1. The molecule has 0 spiro atoms. The summed E-state index contributed by atoms with van der Waals surface area (Å²) in [5, 5.41) is 0. The highest BCUT2D eigenvalue weighted by Crippen LogP contribution is 2.37. The molecular weight excluding hydrogens is 406 g/mol. The number of hydrogen-bond donors (Lipinski definition) is 0. The Labute approximate surface area is 198 Å². The van der Waals surface area contributed by atoms with Gasteiger partial charge in [0.15, 0.2) is 11.4 Å². The van der Waals surface area contributed by atoms with Gasteiger partial charge in [0.2, 0.25) is 6.34 Å². The predicted molar refractivity (Wildman–Crippen MR) is 137 cm³/mol. The predicted octanol–water partition coefficient (Wildman–Crippen LogP) is 6.45. The summed E-state index contributed by atoms with van der Waals surface area (Å²) in [6.07, 6.45) is 4.91. The van der Waals surface area contributed by atoms with E-state index in [-0.39, 0.29) is 0 Å². The first-order chi connectivity index (χ1) is 16.0. The first-order valence-electron chi connectivity index (χ1n) is 12.1. The van der Waals surface area contributed by atoms with Crippen molar-refractivity contribution in [3.8, 4) is 5.75 Å². The van der Waals surface area contributed by atoms with E-state index in [1.54, 1.807) is 0 Å². The minimum Gasteiger partial charge on any atom is -0.489 e. The Morgan fingerprint density at radius 3 is 2.33 bits per heavy atom. The number of para-hydroxylation sites is 2. The van der Waals surface area contributed by atoms with Gasteiger partial charge in [0.25, 0.3) is 0 Å². The lowest BCUT2D eigenvalue weighted by Gasteiger charge is -2.20. The van der Waals surface area contributed by atoms with Crippen LogP contribution in [0.2, 0.25) is 0 Å². The van der Waals surface area contributed by atoms with Crippen LogP contribution in [0.1, 0.15) is 61.9 Å². The molecule has 172 valence electrons. The maximum absolute atomic E-state index is 6.28. The summed E-state index contributed by atoms with van der Waals surface area (Å²) in [5.41, 5.74) is 7.64. The third kappa shape index (κ3) is 5.11. The molecule has 0 radical (unpaired) electrons. The summed E-state index contributed by atoms with van der Waals surface area (Å²) in [6.45, 7) is 13.8. The maximum atomic E-state index is 6.28. The molecule has 4 nitrogen and oxygen atoms in total. The van der Waals surface area contributed by atoms with Crippen LogP contribution in [-0.2, 0) is 6.42 Å². The minimum atomic E-state index is 0.477. The van der Waals surface area contributed by atoms with Crippen LogP contribution in [0.3, 0.4) is 0 Å².